The summed E-state index contributed by atoms with van der Waals surface area (Å²) in [6, 6.07) is 0.227. The number of nitrogens with one attached hydrogen (secondary N) is 1. The summed E-state index contributed by atoms with van der Waals surface area (Å²) in [5.74, 6) is -0.938. The number of carbonyl (C=O) groups is 1. The van der Waals surface area contributed by atoms with E-state index in [9.17, 15) is 4.79 Å². The van der Waals surface area contributed by atoms with Gasteiger partial charge in [-0.2, -0.15) is 0 Å². The summed E-state index contributed by atoms with van der Waals surface area (Å²) in [6.45, 7) is 3.99. The predicted octanol–water partition coefficient (Wildman–Crippen LogP) is 0.740. The lowest BCUT2D eigenvalue weighted by Crippen LogP contribution is -2.30. The maximum Gasteiger partial charge on any atom is 0.329 e. The highest BCUT2D eigenvalue weighted by molar-refractivity contribution is 5.79. The van der Waals surface area contributed by atoms with Crippen molar-refractivity contribution in [3.8, 4) is 0 Å². The summed E-state index contributed by atoms with van der Waals surface area (Å²) in [6.07, 6.45) is 3.88. The molecule has 0 aliphatic carbocycles. The first-order valence-corrected chi connectivity index (χ1v) is 4.40. The Morgan fingerprint density at radius 1 is 1.62 bits per heavy atom. The van der Waals surface area contributed by atoms with Gasteiger partial charge in [0.15, 0.2) is 0 Å². The van der Waals surface area contributed by atoms with Crippen molar-refractivity contribution in [2.45, 2.75) is 38.5 Å². The van der Waals surface area contributed by atoms with Gasteiger partial charge in [0.1, 0.15) is 0 Å². The summed E-state index contributed by atoms with van der Waals surface area (Å²) in [4.78, 5) is 10.2. The van der Waals surface area contributed by atoms with Crippen LogP contribution in [0.5, 0.6) is 0 Å². The van der Waals surface area contributed by atoms with Gasteiger partial charge in [0.2, 0.25) is 0 Å². The first kappa shape index (κ1) is 10.1. The third-order valence-electron chi connectivity index (χ3n) is 2.14. The van der Waals surface area contributed by atoms with Gasteiger partial charge >= 0.3 is 5.97 Å². The molecule has 0 aromatic rings. The Morgan fingerprint density at radius 2 is 2.31 bits per heavy atom. The van der Waals surface area contributed by atoms with Crippen molar-refractivity contribution in [2.24, 2.45) is 0 Å². The van der Waals surface area contributed by atoms with E-state index in [1.165, 1.54) is 6.20 Å². The van der Waals surface area contributed by atoms with Crippen LogP contribution in [0.1, 0.15) is 20.3 Å². The molecular formula is C9H15NO3. The SMILES string of the molecule is CC1CC(N/C=C/C(=O)O)C(C)O1. The smallest absolute Gasteiger partial charge is 0.329 e. The van der Waals surface area contributed by atoms with Crippen molar-refractivity contribution in [3.63, 3.8) is 0 Å². The molecule has 0 spiro atoms. The molecule has 0 aromatic carbocycles. The summed E-state index contributed by atoms with van der Waals surface area (Å²) >= 11 is 0. The maximum atomic E-state index is 10.2. The van der Waals surface area contributed by atoms with Gasteiger partial charge < -0.3 is 15.2 Å². The number of carboxylic acid groups (broad SMARTS) is 1. The van der Waals surface area contributed by atoms with Gasteiger partial charge in [-0.25, -0.2) is 4.79 Å². The molecule has 0 bridgehead atoms. The number of rotatable bonds is 3. The zero-order valence-corrected chi connectivity index (χ0v) is 7.86. The second-order valence-corrected chi connectivity index (χ2v) is 3.33. The van der Waals surface area contributed by atoms with E-state index in [1.54, 1.807) is 0 Å². The monoisotopic (exact) mass is 185 g/mol. The third kappa shape index (κ3) is 3.06. The zero-order valence-electron chi connectivity index (χ0n) is 7.86. The quantitative estimate of drug-likeness (QED) is 0.637. The third-order valence-corrected chi connectivity index (χ3v) is 2.14. The molecule has 0 radical (unpaired) electrons. The van der Waals surface area contributed by atoms with Gasteiger partial charge in [0, 0.05) is 12.3 Å². The Morgan fingerprint density at radius 3 is 2.77 bits per heavy atom. The standard InChI is InChI=1S/C9H15NO3/c1-6-5-8(7(2)13-6)10-4-3-9(11)12/h3-4,6-8,10H,5H2,1-2H3,(H,11,12)/b4-3+. The lowest BCUT2D eigenvalue weighted by molar-refractivity contribution is -0.131. The van der Waals surface area contributed by atoms with Crippen molar-refractivity contribution in [2.75, 3.05) is 0 Å². The minimum absolute atomic E-state index is 0.147. The molecule has 0 aromatic heterocycles. The van der Waals surface area contributed by atoms with Crippen molar-refractivity contribution in [1.29, 1.82) is 0 Å². The average molecular weight is 185 g/mol. The number of hydrogen-bond acceptors (Lipinski definition) is 3. The number of hydrogen-bond donors (Lipinski definition) is 2. The topological polar surface area (TPSA) is 58.6 Å². The van der Waals surface area contributed by atoms with Crippen molar-refractivity contribution >= 4 is 5.97 Å². The first-order valence-electron chi connectivity index (χ1n) is 4.40. The Kier molecular flexibility index (Phi) is 3.31. The molecule has 74 valence electrons. The minimum Gasteiger partial charge on any atom is -0.478 e. The van der Waals surface area contributed by atoms with Crippen LogP contribution in [-0.2, 0) is 9.53 Å². The van der Waals surface area contributed by atoms with Gasteiger partial charge in [-0.1, -0.05) is 0 Å². The molecule has 1 saturated heterocycles. The lowest BCUT2D eigenvalue weighted by Gasteiger charge is -2.13. The van der Waals surface area contributed by atoms with Crippen LogP contribution in [0, 0.1) is 0 Å². The fourth-order valence-electron chi connectivity index (χ4n) is 1.51. The summed E-state index contributed by atoms with van der Waals surface area (Å²) in [5, 5.41) is 11.4. The zero-order chi connectivity index (χ0) is 9.84. The molecule has 4 heteroatoms. The molecule has 3 unspecified atom stereocenters. The van der Waals surface area contributed by atoms with E-state index >= 15 is 0 Å². The van der Waals surface area contributed by atoms with Crippen molar-refractivity contribution < 1.29 is 14.6 Å². The largest absolute Gasteiger partial charge is 0.478 e. The first-order chi connectivity index (χ1) is 6.09. The highest BCUT2D eigenvalue weighted by atomic mass is 16.5. The molecule has 1 heterocycles. The molecule has 0 amide bonds. The Bertz CT molecular complexity index is 215. The second-order valence-electron chi connectivity index (χ2n) is 3.33. The Balaban J connectivity index is 2.33. The fourth-order valence-corrected chi connectivity index (χ4v) is 1.51. The van der Waals surface area contributed by atoms with E-state index in [0.29, 0.717) is 0 Å². The summed E-state index contributed by atoms with van der Waals surface area (Å²) in [5.41, 5.74) is 0. The van der Waals surface area contributed by atoms with Gasteiger partial charge in [-0.05, 0) is 20.3 Å². The summed E-state index contributed by atoms with van der Waals surface area (Å²) in [7, 11) is 0. The van der Waals surface area contributed by atoms with Gasteiger partial charge in [-0.15, -0.1) is 0 Å². The van der Waals surface area contributed by atoms with Gasteiger partial charge in [0.25, 0.3) is 0 Å². The van der Waals surface area contributed by atoms with Crippen LogP contribution in [0.2, 0.25) is 0 Å². The van der Waals surface area contributed by atoms with Crippen LogP contribution in [0.4, 0.5) is 0 Å². The minimum atomic E-state index is -0.938. The maximum absolute atomic E-state index is 10.2. The van der Waals surface area contributed by atoms with E-state index in [1.807, 2.05) is 13.8 Å². The molecule has 13 heavy (non-hydrogen) atoms. The van der Waals surface area contributed by atoms with Crippen molar-refractivity contribution in [3.05, 3.63) is 12.3 Å². The molecule has 1 rings (SSSR count). The molecule has 4 nitrogen and oxygen atoms in total. The van der Waals surface area contributed by atoms with E-state index < -0.39 is 5.97 Å². The average Bonchev–Trinajstić information content (AvgIpc) is 2.29. The fraction of sp³-hybridized carbons (Fsp3) is 0.667. The molecule has 1 aliphatic rings. The molecule has 2 N–H and O–H groups in total. The van der Waals surface area contributed by atoms with Gasteiger partial charge in [-0.3, -0.25) is 0 Å². The number of ether oxygens (including phenoxy) is 1. The van der Waals surface area contributed by atoms with Crippen molar-refractivity contribution in [1.82, 2.24) is 5.32 Å². The molecule has 1 fully saturated rings. The summed E-state index contributed by atoms with van der Waals surface area (Å²) < 4.78 is 5.49. The number of aliphatic carboxylic acids is 1. The molecule has 1 aliphatic heterocycles. The van der Waals surface area contributed by atoms with Gasteiger partial charge in [0.05, 0.1) is 18.2 Å². The molecular weight excluding hydrogens is 170 g/mol. The Labute approximate surface area is 77.6 Å². The normalized spacial score (nSPS) is 33.8. The Hall–Kier alpha value is -1.03. The highest BCUT2D eigenvalue weighted by Gasteiger charge is 2.28. The van der Waals surface area contributed by atoms with Crippen LogP contribution in [0.25, 0.3) is 0 Å². The van der Waals surface area contributed by atoms with Crippen LogP contribution in [-0.4, -0.2) is 29.3 Å². The predicted molar refractivity (Wildman–Crippen MR) is 48.3 cm³/mol. The van der Waals surface area contributed by atoms with E-state index in [0.717, 1.165) is 12.5 Å². The molecule has 0 saturated carbocycles. The van der Waals surface area contributed by atoms with Crippen LogP contribution < -0.4 is 5.32 Å². The lowest BCUT2D eigenvalue weighted by atomic mass is 10.1. The second kappa shape index (κ2) is 4.28. The highest BCUT2D eigenvalue weighted by Crippen LogP contribution is 2.19. The van der Waals surface area contributed by atoms with Crippen LogP contribution in [0.3, 0.4) is 0 Å². The van der Waals surface area contributed by atoms with E-state index in [-0.39, 0.29) is 18.2 Å². The van der Waals surface area contributed by atoms with E-state index in [4.69, 9.17) is 9.84 Å². The van der Waals surface area contributed by atoms with Crippen LogP contribution >= 0.6 is 0 Å². The van der Waals surface area contributed by atoms with Crippen LogP contribution in [0.15, 0.2) is 12.3 Å². The molecule has 3 atom stereocenters. The number of carboxylic acids is 1. The van der Waals surface area contributed by atoms with E-state index in [2.05, 4.69) is 5.32 Å².